The number of aliphatic hydroxyl groups is 1. The Balaban J connectivity index is 5.26. The van der Waals surface area contributed by atoms with Crippen molar-refractivity contribution in [3.05, 3.63) is 0 Å². The summed E-state index contributed by atoms with van der Waals surface area (Å²) in [6.45, 7) is 9.70. The molecule has 0 aromatic carbocycles. The first kappa shape index (κ1) is 103. The molecule has 624 valence electrons. The van der Waals surface area contributed by atoms with E-state index in [0.29, 0.717) is 25.7 Å². The number of carbonyl (C=O) groups is 4. The number of rotatable bonds is 85. The minimum absolute atomic E-state index is 0.107. The third-order valence-electron chi connectivity index (χ3n) is 20.6. The van der Waals surface area contributed by atoms with E-state index in [1.165, 1.54) is 276 Å². The van der Waals surface area contributed by atoms with Gasteiger partial charge in [-0.1, -0.05) is 408 Å². The van der Waals surface area contributed by atoms with Crippen LogP contribution in [0, 0.1) is 11.8 Å². The Labute approximate surface area is 645 Å². The van der Waals surface area contributed by atoms with Crippen LogP contribution in [0.3, 0.4) is 0 Å². The van der Waals surface area contributed by atoms with Crippen LogP contribution < -0.4 is 0 Å². The fraction of sp³-hybridized carbons (Fsp3) is 0.953. The Kier molecular flexibility index (Phi) is 76.0. The van der Waals surface area contributed by atoms with Crippen molar-refractivity contribution in [3.63, 3.8) is 0 Å². The van der Waals surface area contributed by atoms with Gasteiger partial charge in [-0.15, -0.1) is 0 Å². The quantitative estimate of drug-likeness (QED) is 0.0222. The SMILES string of the molecule is CCCCCCCCCCCCCCCCCCCCC(=O)OC[C@H](COP(=O)(O)OC[C@@H](O)COP(=O)(O)OC[C@@H](COC(=O)CCCCCCCCCCC(C)CC)OC(=O)CCCCCCCCCCCCCCCCC(C)C)OC(=O)CCCCCCCCCCCCCCCCCCCC. The fourth-order valence-corrected chi connectivity index (χ4v) is 15.0. The van der Waals surface area contributed by atoms with Gasteiger partial charge in [0.15, 0.2) is 12.2 Å². The summed E-state index contributed by atoms with van der Waals surface area (Å²) in [4.78, 5) is 73.3. The largest absolute Gasteiger partial charge is 0.472 e. The Morgan fingerprint density at radius 1 is 0.276 bits per heavy atom. The van der Waals surface area contributed by atoms with E-state index < -0.39 is 97.5 Å². The lowest BCUT2D eigenvalue weighted by Gasteiger charge is -2.21. The van der Waals surface area contributed by atoms with Crippen molar-refractivity contribution in [3.8, 4) is 0 Å². The molecule has 3 N–H and O–H groups in total. The molecule has 0 amide bonds. The van der Waals surface area contributed by atoms with Gasteiger partial charge in [-0.3, -0.25) is 37.3 Å². The first-order valence-electron chi connectivity index (χ1n) is 44.5. The summed E-state index contributed by atoms with van der Waals surface area (Å²) < 4.78 is 68.9. The van der Waals surface area contributed by atoms with Crippen molar-refractivity contribution in [2.45, 2.75) is 477 Å². The van der Waals surface area contributed by atoms with Gasteiger partial charge in [0.05, 0.1) is 26.4 Å². The highest BCUT2D eigenvalue weighted by molar-refractivity contribution is 7.47. The van der Waals surface area contributed by atoms with E-state index in [-0.39, 0.29) is 25.7 Å². The molecule has 3 unspecified atom stereocenters. The fourth-order valence-electron chi connectivity index (χ4n) is 13.4. The third kappa shape index (κ3) is 78.5. The molecule has 0 rings (SSSR count). The van der Waals surface area contributed by atoms with Crippen LogP contribution in [0.5, 0.6) is 0 Å². The van der Waals surface area contributed by atoms with Crippen molar-refractivity contribution >= 4 is 39.5 Å². The van der Waals surface area contributed by atoms with Gasteiger partial charge in [-0.25, -0.2) is 9.13 Å². The van der Waals surface area contributed by atoms with Gasteiger partial charge in [0.25, 0.3) is 0 Å². The molecule has 0 spiro atoms. The second-order valence-corrected chi connectivity index (χ2v) is 34.6. The number of hydrogen-bond acceptors (Lipinski definition) is 15. The standard InChI is InChI=1S/C86H168O17P2/c1-7-10-12-14-16-18-20-22-24-26-28-30-35-39-43-50-56-62-68-83(88)96-74-81(102-85(90)70-64-58-52-44-40-36-31-29-27-25-23-21-19-17-15-13-11-8-2)76-100-104(92,93)98-72-80(87)73-99-105(94,95)101-77-82(75-97-84(89)69-63-57-51-47-46-49-55-61-67-79(6)9-3)103-86(91)71-65-59-53-45-41-37-33-32-34-38-42-48-54-60-66-78(4)5/h78-82,87H,7-77H2,1-6H3,(H,92,93)(H,94,95)/t79?,80-,81-,82-/m1/s1. The Morgan fingerprint density at radius 2 is 0.486 bits per heavy atom. The summed E-state index contributed by atoms with van der Waals surface area (Å²) >= 11 is 0. The van der Waals surface area contributed by atoms with E-state index in [4.69, 9.17) is 37.0 Å². The predicted octanol–water partition coefficient (Wildman–Crippen LogP) is 26.2. The lowest BCUT2D eigenvalue weighted by molar-refractivity contribution is -0.161. The van der Waals surface area contributed by atoms with E-state index in [0.717, 1.165) is 102 Å². The highest BCUT2D eigenvalue weighted by atomic mass is 31.2. The lowest BCUT2D eigenvalue weighted by atomic mass is 9.99. The van der Waals surface area contributed by atoms with E-state index in [9.17, 15) is 43.2 Å². The average molecular weight is 1540 g/mol. The highest BCUT2D eigenvalue weighted by Gasteiger charge is 2.30. The minimum atomic E-state index is -4.97. The number of carbonyl (C=O) groups excluding carboxylic acids is 4. The van der Waals surface area contributed by atoms with Gasteiger partial charge in [-0.2, -0.15) is 0 Å². The minimum Gasteiger partial charge on any atom is -0.462 e. The number of unbranched alkanes of at least 4 members (excludes halogenated alkanes) is 54. The smallest absolute Gasteiger partial charge is 0.462 e. The molecular weight excluding hydrogens is 1370 g/mol. The molecule has 105 heavy (non-hydrogen) atoms. The van der Waals surface area contributed by atoms with Crippen LogP contribution in [0.2, 0.25) is 0 Å². The molecule has 0 bridgehead atoms. The van der Waals surface area contributed by atoms with Gasteiger partial charge in [-0.05, 0) is 37.5 Å². The maximum Gasteiger partial charge on any atom is 0.472 e. The summed E-state index contributed by atoms with van der Waals surface area (Å²) in [6.07, 6.45) is 69.3. The molecule has 0 aliphatic carbocycles. The molecule has 0 aromatic rings. The molecule has 0 heterocycles. The van der Waals surface area contributed by atoms with Gasteiger partial charge in [0.1, 0.15) is 19.3 Å². The first-order valence-corrected chi connectivity index (χ1v) is 47.5. The molecule has 0 radical (unpaired) electrons. The number of phosphoric ester groups is 2. The number of phosphoric acid groups is 2. The van der Waals surface area contributed by atoms with Crippen LogP contribution in [0.1, 0.15) is 459 Å². The van der Waals surface area contributed by atoms with Crippen LogP contribution in [-0.4, -0.2) is 96.7 Å². The Bertz CT molecular complexity index is 2010. The Hall–Kier alpha value is -1.94. The summed E-state index contributed by atoms with van der Waals surface area (Å²) in [6, 6.07) is 0. The second kappa shape index (κ2) is 77.4. The zero-order valence-corrected chi connectivity index (χ0v) is 70.8. The molecule has 0 saturated heterocycles. The maximum atomic E-state index is 13.1. The number of aliphatic hydroxyl groups excluding tert-OH is 1. The number of esters is 4. The molecule has 0 aliphatic rings. The topological polar surface area (TPSA) is 237 Å². The predicted molar refractivity (Wildman–Crippen MR) is 432 cm³/mol. The number of hydrogen-bond donors (Lipinski definition) is 3. The Morgan fingerprint density at radius 3 is 0.724 bits per heavy atom. The molecule has 19 heteroatoms. The van der Waals surface area contributed by atoms with E-state index >= 15 is 0 Å². The first-order chi connectivity index (χ1) is 50.9. The zero-order valence-electron chi connectivity index (χ0n) is 69.0. The molecule has 0 aromatic heterocycles. The van der Waals surface area contributed by atoms with E-state index in [2.05, 4.69) is 41.5 Å². The summed E-state index contributed by atoms with van der Waals surface area (Å²) in [5, 5.41) is 10.7. The van der Waals surface area contributed by atoms with Crippen LogP contribution in [0.15, 0.2) is 0 Å². The maximum absolute atomic E-state index is 13.1. The summed E-state index contributed by atoms with van der Waals surface area (Å²) in [5.74, 6) is -0.528. The van der Waals surface area contributed by atoms with Crippen LogP contribution in [0.4, 0.5) is 0 Å². The zero-order chi connectivity index (χ0) is 77.1. The van der Waals surface area contributed by atoms with Gasteiger partial charge >= 0.3 is 39.5 Å². The van der Waals surface area contributed by atoms with Gasteiger partial charge in [0, 0.05) is 25.7 Å². The highest BCUT2D eigenvalue weighted by Crippen LogP contribution is 2.45. The van der Waals surface area contributed by atoms with Crippen molar-refractivity contribution in [2.24, 2.45) is 11.8 Å². The van der Waals surface area contributed by atoms with Crippen LogP contribution in [-0.2, 0) is 65.4 Å². The van der Waals surface area contributed by atoms with Crippen molar-refractivity contribution in [2.75, 3.05) is 39.6 Å². The van der Waals surface area contributed by atoms with Crippen molar-refractivity contribution < 1.29 is 80.2 Å². The van der Waals surface area contributed by atoms with Crippen molar-refractivity contribution in [1.29, 1.82) is 0 Å². The molecule has 0 aliphatic heterocycles. The van der Waals surface area contributed by atoms with Gasteiger partial charge < -0.3 is 33.8 Å². The van der Waals surface area contributed by atoms with Crippen LogP contribution >= 0.6 is 15.6 Å². The lowest BCUT2D eigenvalue weighted by Crippen LogP contribution is -2.30. The molecule has 17 nitrogen and oxygen atoms in total. The number of ether oxygens (including phenoxy) is 4. The van der Waals surface area contributed by atoms with Crippen LogP contribution in [0.25, 0.3) is 0 Å². The average Bonchev–Trinajstić information content (AvgIpc) is 0.918. The summed E-state index contributed by atoms with van der Waals surface area (Å²) in [7, 11) is -9.93. The molecule has 0 fully saturated rings. The molecular formula is C86H168O17P2. The normalized spacial score (nSPS) is 14.1. The molecule has 0 saturated carbocycles. The van der Waals surface area contributed by atoms with E-state index in [1.807, 2.05) is 0 Å². The third-order valence-corrected chi connectivity index (χ3v) is 22.5. The van der Waals surface area contributed by atoms with Gasteiger partial charge in [0.2, 0.25) is 0 Å². The summed E-state index contributed by atoms with van der Waals surface area (Å²) in [5.41, 5.74) is 0. The van der Waals surface area contributed by atoms with E-state index in [1.54, 1.807) is 0 Å². The monoisotopic (exact) mass is 1540 g/mol. The van der Waals surface area contributed by atoms with Crippen molar-refractivity contribution in [1.82, 2.24) is 0 Å². The second-order valence-electron chi connectivity index (χ2n) is 31.6. The molecule has 6 atom stereocenters.